The highest BCUT2D eigenvalue weighted by atomic mass is 79.9. The first-order valence-electron chi connectivity index (χ1n) is 3.66. The molecule has 2 atom stereocenters. The Balaban J connectivity index is 2.15. The van der Waals surface area contributed by atoms with Crippen LogP contribution < -0.4 is 0 Å². The Morgan fingerprint density at radius 3 is 2.00 bits per heavy atom. The van der Waals surface area contributed by atoms with Gasteiger partial charge in [0.15, 0.2) is 0 Å². The Bertz CT molecular complexity index is 126. The lowest BCUT2D eigenvalue weighted by molar-refractivity contribution is 0.486. The van der Waals surface area contributed by atoms with Crippen molar-refractivity contribution >= 4 is 15.9 Å². The Labute approximate surface area is 64.5 Å². The molecular formula is C8H11Br. The molecular weight excluding hydrogens is 176 g/mol. The van der Waals surface area contributed by atoms with Crippen LogP contribution in [-0.4, -0.2) is 5.33 Å². The summed E-state index contributed by atoms with van der Waals surface area (Å²) in [6.45, 7) is 0. The fraction of sp³-hybridized carbons (Fsp3) is 0.750. The molecule has 2 aliphatic rings. The van der Waals surface area contributed by atoms with Crippen LogP contribution in [0, 0.1) is 17.8 Å². The summed E-state index contributed by atoms with van der Waals surface area (Å²) in [4.78, 5) is 0. The molecule has 0 aromatic rings. The lowest BCUT2D eigenvalue weighted by Crippen LogP contribution is -2.07. The number of halogens is 1. The van der Waals surface area contributed by atoms with Gasteiger partial charge in [-0.2, -0.15) is 0 Å². The van der Waals surface area contributed by atoms with Gasteiger partial charge in [0.2, 0.25) is 0 Å². The van der Waals surface area contributed by atoms with E-state index in [4.69, 9.17) is 0 Å². The van der Waals surface area contributed by atoms with Crippen molar-refractivity contribution in [1.29, 1.82) is 0 Å². The Kier molecular flexibility index (Phi) is 1.40. The minimum Gasteiger partial charge on any atom is -0.0925 e. The van der Waals surface area contributed by atoms with Crippen LogP contribution in [-0.2, 0) is 0 Å². The van der Waals surface area contributed by atoms with Gasteiger partial charge < -0.3 is 0 Å². The molecule has 0 aromatic heterocycles. The van der Waals surface area contributed by atoms with Gasteiger partial charge in [-0.15, -0.1) is 0 Å². The van der Waals surface area contributed by atoms with Crippen molar-refractivity contribution in [3.63, 3.8) is 0 Å². The molecule has 0 saturated heterocycles. The number of hydrogen-bond donors (Lipinski definition) is 0. The molecule has 0 radical (unpaired) electrons. The van der Waals surface area contributed by atoms with E-state index in [1.54, 1.807) is 0 Å². The maximum absolute atomic E-state index is 3.56. The Hall–Kier alpha value is 0.220. The average molecular weight is 187 g/mol. The molecule has 2 aliphatic carbocycles. The third-order valence-electron chi connectivity index (χ3n) is 2.72. The molecule has 1 heteroatoms. The van der Waals surface area contributed by atoms with Crippen LogP contribution in [0.1, 0.15) is 12.8 Å². The summed E-state index contributed by atoms with van der Waals surface area (Å²) in [6.07, 6.45) is 7.69. The van der Waals surface area contributed by atoms with Crippen LogP contribution in [0.5, 0.6) is 0 Å². The van der Waals surface area contributed by atoms with Crippen LogP contribution in [0.25, 0.3) is 0 Å². The van der Waals surface area contributed by atoms with E-state index in [2.05, 4.69) is 28.1 Å². The van der Waals surface area contributed by atoms with Crippen LogP contribution >= 0.6 is 15.9 Å². The molecule has 2 rings (SSSR count). The highest BCUT2D eigenvalue weighted by Gasteiger charge is 2.36. The van der Waals surface area contributed by atoms with E-state index in [9.17, 15) is 0 Å². The molecule has 2 bridgehead atoms. The highest BCUT2D eigenvalue weighted by Crippen LogP contribution is 2.44. The van der Waals surface area contributed by atoms with E-state index >= 15 is 0 Å². The topological polar surface area (TPSA) is 0 Å². The first-order chi connectivity index (χ1) is 4.42. The minimum atomic E-state index is 0.925. The number of hydrogen-bond acceptors (Lipinski definition) is 0. The van der Waals surface area contributed by atoms with E-state index in [0.717, 1.165) is 17.8 Å². The lowest BCUT2D eigenvalue weighted by atomic mass is 10.00. The molecule has 9 heavy (non-hydrogen) atoms. The Morgan fingerprint density at radius 1 is 1.22 bits per heavy atom. The normalized spacial score (nSPS) is 46.6. The third-order valence-corrected chi connectivity index (χ3v) is 3.46. The second-order valence-corrected chi connectivity index (χ2v) is 3.76. The van der Waals surface area contributed by atoms with E-state index in [1.165, 1.54) is 18.2 Å². The summed E-state index contributed by atoms with van der Waals surface area (Å²) < 4.78 is 0. The van der Waals surface area contributed by atoms with E-state index in [1.807, 2.05) is 0 Å². The predicted molar refractivity (Wildman–Crippen MR) is 42.6 cm³/mol. The SMILES string of the molecule is BrCC1C2C=CC1CC2. The van der Waals surface area contributed by atoms with Crippen molar-refractivity contribution in [1.82, 2.24) is 0 Å². The fourth-order valence-electron chi connectivity index (χ4n) is 2.12. The molecule has 0 aromatic carbocycles. The van der Waals surface area contributed by atoms with Crippen molar-refractivity contribution in [3.8, 4) is 0 Å². The van der Waals surface area contributed by atoms with Gasteiger partial charge in [0.25, 0.3) is 0 Å². The minimum absolute atomic E-state index is 0.925. The smallest absolute Gasteiger partial charge is 0.00709 e. The second-order valence-electron chi connectivity index (χ2n) is 3.11. The maximum atomic E-state index is 3.56. The highest BCUT2D eigenvalue weighted by molar-refractivity contribution is 9.09. The third kappa shape index (κ3) is 0.778. The molecule has 0 nitrogen and oxygen atoms in total. The monoisotopic (exact) mass is 186 g/mol. The van der Waals surface area contributed by atoms with Crippen LogP contribution in [0.2, 0.25) is 0 Å². The molecule has 2 unspecified atom stereocenters. The molecule has 0 amide bonds. The average Bonchev–Trinajstić information content (AvgIpc) is 2.44. The van der Waals surface area contributed by atoms with Gasteiger partial charge in [0.1, 0.15) is 0 Å². The zero-order valence-electron chi connectivity index (χ0n) is 5.39. The summed E-state index contributed by atoms with van der Waals surface area (Å²) >= 11 is 3.56. The van der Waals surface area contributed by atoms with Crippen molar-refractivity contribution < 1.29 is 0 Å². The molecule has 0 heterocycles. The van der Waals surface area contributed by atoms with Crippen molar-refractivity contribution in [2.75, 3.05) is 5.33 Å². The number of rotatable bonds is 1. The lowest BCUT2D eigenvalue weighted by Gasteiger charge is -2.09. The van der Waals surface area contributed by atoms with Crippen molar-refractivity contribution in [2.24, 2.45) is 17.8 Å². The molecule has 50 valence electrons. The summed E-state index contributed by atoms with van der Waals surface area (Å²) in [5.41, 5.74) is 0. The zero-order chi connectivity index (χ0) is 6.27. The van der Waals surface area contributed by atoms with E-state index in [-0.39, 0.29) is 0 Å². The zero-order valence-corrected chi connectivity index (χ0v) is 6.97. The number of fused-ring (bicyclic) bond motifs is 2. The van der Waals surface area contributed by atoms with Gasteiger partial charge in [0.05, 0.1) is 0 Å². The number of alkyl halides is 1. The van der Waals surface area contributed by atoms with Gasteiger partial charge in [0, 0.05) is 5.33 Å². The first kappa shape index (κ1) is 5.96. The van der Waals surface area contributed by atoms with Crippen LogP contribution in [0.3, 0.4) is 0 Å². The molecule has 0 aliphatic heterocycles. The summed E-state index contributed by atoms with van der Waals surface area (Å²) in [5.74, 6) is 2.80. The van der Waals surface area contributed by atoms with Crippen molar-refractivity contribution in [2.45, 2.75) is 12.8 Å². The van der Waals surface area contributed by atoms with E-state index < -0.39 is 0 Å². The van der Waals surface area contributed by atoms with Gasteiger partial charge >= 0.3 is 0 Å². The van der Waals surface area contributed by atoms with E-state index in [0.29, 0.717) is 0 Å². The second kappa shape index (κ2) is 2.12. The quantitative estimate of drug-likeness (QED) is 0.437. The van der Waals surface area contributed by atoms with Crippen molar-refractivity contribution in [3.05, 3.63) is 12.2 Å². The standard InChI is InChI=1S/C8H11Br/c9-5-8-6-1-2-7(8)4-3-6/h1-2,6-8H,3-5H2. The largest absolute Gasteiger partial charge is 0.0925 e. The summed E-state index contributed by atoms with van der Waals surface area (Å²) in [6, 6.07) is 0. The fourth-order valence-corrected chi connectivity index (χ4v) is 3.08. The summed E-state index contributed by atoms with van der Waals surface area (Å²) in [5, 5.41) is 1.20. The van der Waals surface area contributed by atoms with Gasteiger partial charge in [-0.05, 0) is 30.6 Å². The maximum Gasteiger partial charge on any atom is 0.00709 e. The van der Waals surface area contributed by atoms with Gasteiger partial charge in [-0.3, -0.25) is 0 Å². The Morgan fingerprint density at radius 2 is 1.78 bits per heavy atom. The summed E-state index contributed by atoms with van der Waals surface area (Å²) in [7, 11) is 0. The predicted octanol–water partition coefficient (Wildman–Crippen LogP) is 2.59. The molecule has 1 saturated carbocycles. The van der Waals surface area contributed by atoms with Gasteiger partial charge in [-0.25, -0.2) is 0 Å². The number of allylic oxidation sites excluding steroid dienone is 2. The van der Waals surface area contributed by atoms with Gasteiger partial charge in [-0.1, -0.05) is 28.1 Å². The van der Waals surface area contributed by atoms with Crippen LogP contribution in [0.15, 0.2) is 12.2 Å². The molecule has 0 spiro atoms. The molecule has 1 fully saturated rings. The first-order valence-corrected chi connectivity index (χ1v) is 4.78. The molecule has 0 N–H and O–H groups in total. The van der Waals surface area contributed by atoms with Crippen LogP contribution in [0.4, 0.5) is 0 Å².